The number of fused-ring (bicyclic) bond motifs is 1. The molecule has 2 aromatic heterocycles. The number of rotatable bonds is 2. The van der Waals surface area contributed by atoms with Crippen molar-refractivity contribution in [3.8, 4) is 5.69 Å². The summed E-state index contributed by atoms with van der Waals surface area (Å²) in [6, 6.07) is 11.5. The maximum absolute atomic E-state index is 12.0. The first kappa shape index (κ1) is 15.2. The average Bonchev–Trinajstić information content (AvgIpc) is 2.92. The van der Waals surface area contributed by atoms with Crippen molar-refractivity contribution in [1.29, 1.82) is 0 Å². The molecular formula is C17H13ClN4OS. The number of halogens is 1. The zero-order valence-electron chi connectivity index (χ0n) is 12.5. The number of amides is 1. The van der Waals surface area contributed by atoms with Crippen LogP contribution in [-0.4, -0.2) is 26.2 Å². The zero-order chi connectivity index (χ0) is 16.5. The predicted octanol–water partition coefficient (Wildman–Crippen LogP) is 3.70. The summed E-state index contributed by atoms with van der Waals surface area (Å²) in [7, 11) is 0. The van der Waals surface area contributed by atoms with Gasteiger partial charge in [0.25, 0.3) is 0 Å². The number of imidazole rings is 1. The number of nitrogens with zero attached hydrogens (tertiary/aromatic N) is 3. The molecule has 5 nitrogen and oxygen atoms in total. The molecule has 0 saturated carbocycles. The summed E-state index contributed by atoms with van der Waals surface area (Å²) in [4.78, 5) is 20.6. The summed E-state index contributed by atoms with van der Waals surface area (Å²) in [5, 5.41) is 3.53. The molecule has 1 N–H and O–H groups in total. The van der Waals surface area contributed by atoms with E-state index in [9.17, 15) is 4.79 Å². The Morgan fingerprint density at radius 2 is 2.08 bits per heavy atom. The molecule has 0 unspecified atom stereocenters. The second-order valence-corrected chi connectivity index (χ2v) is 6.88. The molecule has 1 amide bonds. The van der Waals surface area contributed by atoms with Crippen molar-refractivity contribution >= 4 is 35.1 Å². The summed E-state index contributed by atoms with van der Waals surface area (Å²) >= 11 is 7.56. The lowest BCUT2D eigenvalue weighted by atomic mass is 10.1. The molecule has 3 heterocycles. The largest absolute Gasteiger partial charge is 0.308 e. The molecule has 0 fully saturated rings. The number of benzene rings is 1. The Labute approximate surface area is 148 Å². The number of hydrogen-bond acceptors (Lipinski definition) is 4. The fraction of sp³-hybridized carbons (Fsp3) is 0.118. The van der Waals surface area contributed by atoms with Crippen LogP contribution in [-0.2, 0) is 4.79 Å². The molecule has 24 heavy (non-hydrogen) atoms. The first-order valence-electron chi connectivity index (χ1n) is 7.37. The van der Waals surface area contributed by atoms with Crippen LogP contribution in [0.3, 0.4) is 0 Å². The van der Waals surface area contributed by atoms with Gasteiger partial charge in [-0.3, -0.25) is 14.3 Å². The van der Waals surface area contributed by atoms with Gasteiger partial charge in [-0.15, -0.1) is 11.8 Å². The molecule has 0 spiro atoms. The zero-order valence-corrected chi connectivity index (χ0v) is 14.1. The van der Waals surface area contributed by atoms with Gasteiger partial charge in [0.15, 0.2) is 5.82 Å². The first-order chi connectivity index (χ1) is 11.7. The second kappa shape index (κ2) is 6.30. The van der Waals surface area contributed by atoms with E-state index in [1.54, 1.807) is 24.3 Å². The molecule has 1 aliphatic rings. The Morgan fingerprint density at radius 1 is 1.25 bits per heavy atom. The highest BCUT2D eigenvalue weighted by atomic mass is 35.5. The number of anilines is 1. The summed E-state index contributed by atoms with van der Waals surface area (Å²) < 4.78 is 1.99. The van der Waals surface area contributed by atoms with Crippen molar-refractivity contribution in [3.63, 3.8) is 0 Å². The van der Waals surface area contributed by atoms with E-state index in [0.29, 0.717) is 16.6 Å². The predicted molar refractivity (Wildman–Crippen MR) is 95.7 cm³/mol. The van der Waals surface area contributed by atoms with Crippen LogP contribution in [0.4, 0.5) is 5.82 Å². The Morgan fingerprint density at radius 3 is 2.83 bits per heavy atom. The Kier molecular flexibility index (Phi) is 4.00. The van der Waals surface area contributed by atoms with Crippen LogP contribution in [0.15, 0.2) is 55.1 Å². The first-order valence-corrected chi connectivity index (χ1v) is 8.79. The lowest BCUT2D eigenvalue weighted by Crippen LogP contribution is -2.12. The fourth-order valence-corrected chi connectivity index (χ4v) is 3.93. The van der Waals surface area contributed by atoms with Crippen LogP contribution in [0, 0.1) is 0 Å². The minimum atomic E-state index is -0.0472. The van der Waals surface area contributed by atoms with Gasteiger partial charge in [0.1, 0.15) is 6.33 Å². The van der Waals surface area contributed by atoms with Crippen LogP contribution in [0.25, 0.3) is 5.69 Å². The minimum absolute atomic E-state index is 0.0363. The molecule has 1 aliphatic heterocycles. The fourth-order valence-electron chi connectivity index (χ4n) is 2.70. The number of carbonyl (C=O) groups is 1. The number of aromatic nitrogens is 3. The summed E-state index contributed by atoms with van der Waals surface area (Å²) in [5.74, 6) is 0.916. The second-order valence-electron chi connectivity index (χ2n) is 5.35. The summed E-state index contributed by atoms with van der Waals surface area (Å²) in [6.45, 7) is 0. The highest BCUT2D eigenvalue weighted by Gasteiger charge is 2.29. The lowest BCUT2D eigenvalue weighted by molar-refractivity contribution is -0.113. The summed E-state index contributed by atoms with van der Waals surface area (Å²) in [6.07, 6.45) is 5.30. The van der Waals surface area contributed by atoms with E-state index in [-0.39, 0.29) is 11.2 Å². The molecule has 0 aliphatic carbocycles. The molecule has 1 atom stereocenters. The topological polar surface area (TPSA) is 59.8 Å². The molecule has 1 aromatic carbocycles. The highest BCUT2D eigenvalue weighted by Crippen LogP contribution is 2.41. The van der Waals surface area contributed by atoms with Gasteiger partial charge >= 0.3 is 0 Å². The minimum Gasteiger partial charge on any atom is -0.308 e. The Balaban J connectivity index is 1.87. The third-order valence-corrected chi connectivity index (χ3v) is 5.29. The van der Waals surface area contributed by atoms with E-state index >= 15 is 0 Å². The number of pyridine rings is 1. The number of carbonyl (C=O) groups excluding carboxylic acids is 1. The van der Waals surface area contributed by atoms with Crippen LogP contribution >= 0.6 is 23.4 Å². The highest BCUT2D eigenvalue weighted by molar-refractivity contribution is 8.00. The Hall–Kier alpha value is -2.31. The number of nitrogens with one attached hydrogen (secondary N) is 1. The van der Waals surface area contributed by atoms with E-state index in [0.717, 1.165) is 16.9 Å². The van der Waals surface area contributed by atoms with Gasteiger partial charge in [-0.25, -0.2) is 4.98 Å². The molecule has 0 radical (unpaired) electrons. The van der Waals surface area contributed by atoms with Crippen molar-refractivity contribution in [3.05, 3.63) is 71.4 Å². The van der Waals surface area contributed by atoms with Crippen LogP contribution in [0.1, 0.15) is 16.5 Å². The average molecular weight is 357 g/mol. The molecule has 3 aromatic rings. The van der Waals surface area contributed by atoms with E-state index in [2.05, 4.69) is 15.3 Å². The molecule has 0 bridgehead atoms. The van der Waals surface area contributed by atoms with Gasteiger partial charge in [-0.1, -0.05) is 17.7 Å². The number of thioether (sulfide) groups is 1. The normalized spacial score (nSPS) is 17.0. The molecular weight excluding hydrogens is 344 g/mol. The maximum atomic E-state index is 12.0. The number of hydrogen-bond donors (Lipinski definition) is 1. The monoisotopic (exact) mass is 356 g/mol. The Bertz CT molecular complexity index is 879. The van der Waals surface area contributed by atoms with Gasteiger partial charge in [0.05, 0.1) is 16.7 Å². The summed E-state index contributed by atoms with van der Waals surface area (Å²) in [5.41, 5.74) is 2.91. The van der Waals surface area contributed by atoms with Crippen molar-refractivity contribution in [1.82, 2.24) is 14.5 Å². The smallest absolute Gasteiger partial charge is 0.235 e. The third kappa shape index (κ3) is 2.79. The van der Waals surface area contributed by atoms with Crippen molar-refractivity contribution in [2.75, 3.05) is 11.1 Å². The van der Waals surface area contributed by atoms with Gasteiger partial charge in [-0.2, -0.15) is 0 Å². The van der Waals surface area contributed by atoms with Crippen LogP contribution < -0.4 is 5.32 Å². The van der Waals surface area contributed by atoms with E-state index in [4.69, 9.17) is 11.6 Å². The van der Waals surface area contributed by atoms with Crippen molar-refractivity contribution < 1.29 is 4.79 Å². The molecule has 0 saturated heterocycles. The third-order valence-electron chi connectivity index (χ3n) is 3.78. The molecule has 4 rings (SSSR count). The molecule has 120 valence electrons. The van der Waals surface area contributed by atoms with Gasteiger partial charge < -0.3 is 5.32 Å². The van der Waals surface area contributed by atoms with Crippen LogP contribution in [0.2, 0.25) is 5.02 Å². The van der Waals surface area contributed by atoms with E-state index in [1.807, 2.05) is 47.2 Å². The van der Waals surface area contributed by atoms with E-state index < -0.39 is 0 Å². The van der Waals surface area contributed by atoms with Crippen molar-refractivity contribution in [2.45, 2.75) is 5.25 Å². The van der Waals surface area contributed by atoms with Gasteiger partial charge in [0.2, 0.25) is 5.91 Å². The van der Waals surface area contributed by atoms with Crippen molar-refractivity contribution in [2.24, 2.45) is 0 Å². The van der Waals surface area contributed by atoms with Crippen LogP contribution in [0.5, 0.6) is 0 Å². The van der Waals surface area contributed by atoms with Gasteiger partial charge in [0, 0.05) is 23.1 Å². The SMILES string of the molecule is O=C1CS[C@@H](c2cccnc2)c2c(ncn2-c2ccc(Cl)cc2)N1. The quantitative estimate of drug-likeness (QED) is 0.760. The lowest BCUT2D eigenvalue weighted by Gasteiger charge is -2.17. The standard InChI is InChI=1S/C17H13ClN4OS/c18-12-3-5-13(6-4-12)22-10-20-17-15(22)16(24-9-14(23)21-17)11-2-1-7-19-8-11/h1-8,10,16H,9H2,(H,21,23)/t16-/m0/s1. The van der Waals surface area contributed by atoms with E-state index in [1.165, 1.54) is 0 Å². The molecule has 7 heteroatoms. The van der Waals surface area contributed by atoms with Gasteiger partial charge in [-0.05, 0) is 35.9 Å². The maximum Gasteiger partial charge on any atom is 0.235 e.